The van der Waals surface area contributed by atoms with Crippen LogP contribution < -0.4 is 4.90 Å². The lowest BCUT2D eigenvalue weighted by Gasteiger charge is -2.04. The van der Waals surface area contributed by atoms with Crippen LogP contribution in [0.1, 0.15) is 19.7 Å². The highest BCUT2D eigenvalue weighted by Crippen LogP contribution is 2.15. The molecule has 1 rings (SSSR count). The molecule has 0 atom stereocenters. The lowest BCUT2D eigenvalue weighted by atomic mass is 10.1. The molecular formula is C8H15N3S. The summed E-state index contributed by atoms with van der Waals surface area (Å²) in [6, 6.07) is 0. The maximum atomic E-state index is 4.38. The van der Waals surface area contributed by atoms with Crippen LogP contribution in [0.25, 0.3) is 0 Å². The quantitative estimate of drug-likeness (QED) is 0.719. The zero-order valence-electron chi connectivity index (χ0n) is 8.03. The topological polar surface area (TPSA) is 29.0 Å². The van der Waals surface area contributed by atoms with Crippen LogP contribution >= 0.6 is 11.5 Å². The van der Waals surface area contributed by atoms with Crippen LogP contribution in [-0.4, -0.2) is 23.5 Å². The highest BCUT2D eigenvalue weighted by molar-refractivity contribution is 7.09. The van der Waals surface area contributed by atoms with Crippen LogP contribution in [-0.2, 0) is 6.42 Å². The average molecular weight is 185 g/mol. The van der Waals surface area contributed by atoms with Gasteiger partial charge in [0.1, 0.15) is 5.82 Å². The lowest BCUT2D eigenvalue weighted by Crippen LogP contribution is -2.08. The van der Waals surface area contributed by atoms with E-state index in [-0.39, 0.29) is 0 Å². The van der Waals surface area contributed by atoms with Gasteiger partial charge in [-0.15, -0.1) is 0 Å². The number of nitrogens with zero attached hydrogens (tertiary/aromatic N) is 3. The van der Waals surface area contributed by atoms with Crippen molar-refractivity contribution in [2.24, 2.45) is 5.92 Å². The van der Waals surface area contributed by atoms with Gasteiger partial charge in [0.05, 0.1) is 0 Å². The Morgan fingerprint density at radius 1 is 1.42 bits per heavy atom. The molecule has 0 aliphatic rings. The van der Waals surface area contributed by atoms with E-state index in [9.17, 15) is 0 Å². The molecule has 0 aliphatic carbocycles. The number of hydrogen-bond acceptors (Lipinski definition) is 4. The fourth-order valence-electron chi connectivity index (χ4n) is 0.874. The summed E-state index contributed by atoms with van der Waals surface area (Å²) in [5, 5.41) is 0.991. The molecule has 68 valence electrons. The number of rotatable bonds is 3. The zero-order chi connectivity index (χ0) is 9.14. The molecule has 3 nitrogen and oxygen atoms in total. The Kier molecular flexibility index (Phi) is 3.03. The summed E-state index contributed by atoms with van der Waals surface area (Å²) in [4.78, 5) is 6.37. The minimum absolute atomic E-state index is 0.634. The van der Waals surface area contributed by atoms with Crippen molar-refractivity contribution in [2.75, 3.05) is 19.0 Å². The van der Waals surface area contributed by atoms with Gasteiger partial charge in [0.15, 0.2) is 0 Å². The van der Waals surface area contributed by atoms with E-state index < -0.39 is 0 Å². The molecule has 1 aromatic rings. The Balaban J connectivity index is 2.64. The van der Waals surface area contributed by atoms with Crippen molar-refractivity contribution < 1.29 is 0 Å². The summed E-state index contributed by atoms with van der Waals surface area (Å²) in [6.45, 7) is 4.35. The predicted octanol–water partition coefficient (Wildman–Crippen LogP) is 1.80. The van der Waals surface area contributed by atoms with Crippen LogP contribution in [0.5, 0.6) is 0 Å². The van der Waals surface area contributed by atoms with Gasteiger partial charge in [0.2, 0.25) is 5.13 Å². The SMILES string of the molecule is CC(C)Cc1nsc(N(C)C)n1. The first-order chi connectivity index (χ1) is 5.59. The minimum atomic E-state index is 0.634. The average Bonchev–Trinajstić information content (AvgIpc) is 2.34. The lowest BCUT2D eigenvalue weighted by molar-refractivity contribution is 0.627. The van der Waals surface area contributed by atoms with Crippen molar-refractivity contribution in [1.29, 1.82) is 0 Å². The first kappa shape index (κ1) is 9.45. The summed E-state index contributed by atoms with van der Waals surface area (Å²) in [6.07, 6.45) is 0.977. The molecule has 12 heavy (non-hydrogen) atoms. The zero-order valence-corrected chi connectivity index (χ0v) is 8.85. The molecular weight excluding hydrogens is 170 g/mol. The van der Waals surface area contributed by atoms with Crippen molar-refractivity contribution in [3.05, 3.63) is 5.82 Å². The summed E-state index contributed by atoms with van der Waals surface area (Å²) < 4.78 is 4.27. The van der Waals surface area contributed by atoms with E-state index in [1.807, 2.05) is 19.0 Å². The van der Waals surface area contributed by atoms with Gasteiger partial charge in [-0.3, -0.25) is 0 Å². The summed E-state index contributed by atoms with van der Waals surface area (Å²) in [5.74, 6) is 1.60. The Labute approximate surface area is 77.6 Å². The Morgan fingerprint density at radius 3 is 2.50 bits per heavy atom. The van der Waals surface area contributed by atoms with Crippen LogP contribution in [0.4, 0.5) is 5.13 Å². The van der Waals surface area contributed by atoms with E-state index in [0.29, 0.717) is 5.92 Å². The second-order valence-electron chi connectivity index (χ2n) is 3.49. The molecule has 0 aromatic carbocycles. The number of anilines is 1. The van der Waals surface area contributed by atoms with Crippen molar-refractivity contribution >= 4 is 16.7 Å². The molecule has 0 N–H and O–H groups in total. The Hall–Kier alpha value is -0.640. The van der Waals surface area contributed by atoms with Crippen LogP contribution in [0.15, 0.2) is 0 Å². The van der Waals surface area contributed by atoms with Gasteiger partial charge in [-0.1, -0.05) is 13.8 Å². The van der Waals surface area contributed by atoms with Gasteiger partial charge >= 0.3 is 0 Å². The van der Waals surface area contributed by atoms with Crippen LogP contribution in [0, 0.1) is 5.92 Å². The highest BCUT2D eigenvalue weighted by Gasteiger charge is 2.06. The van der Waals surface area contributed by atoms with Gasteiger partial charge in [-0.05, 0) is 5.92 Å². The molecule has 1 heterocycles. The van der Waals surface area contributed by atoms with Gasteiger partial charge in [0, 0.05) is 32.0 Å². The van der Waals surface area contributed by atoms with Crippen LogP contribution in [0.2, 0.25) is 0 Å². The predicted molar refractivity (Wildman–Crippen MR) is 52.8 cm³/mol. The minimum Gasteiger partial charge on any atom is -0.353 e. The second kappa shape index (κ2) is 3.85. The normalized spacial score (nSPS) is 10.8. The molecule has 0 amide bonds. The largest absolute Gasteiger partial charge is 0.353 e. The fourth-order valence-corrected chi connectivity index (χ4v) is 1.49. The molecule has 0 spiro atoms. The third-order valence-corrected chi connectivity index (χ3v) is 2.35. The van der Waals surface area contributed by atoms with E-state index >= 15 is 0 Å². The molecule has 0 saturated heterocycles. The number of aromatic nitrogens is 2. The summed E-state index contributed by atoms with van der Waals surface area (Å²) >= 11 is 1.46. The second-order valence-corrected chi connectivity index (χ2v) is 4.22. The molecule has 1 aromatic heterocycles. The maximum absolute atomic E-state index is 4.38. The third kappa shape index (κ3) is 2.44. The molecule has 0 fully saturated rings. The number of hydrogen-bond donors (Lipinski definition) is 0. The van der Waals surface area contributed by atoms with Gasteiger partial charge < -0.3 is 4.90 Å². The molecule has 4 heteroatoms. The van der Waals surface area contributed by atoms with Crippen LogP contribution in [0.3, 0.4) is 0 Å². The van der Waals surface area contributed by atoms with E-state index in [2.05, 4.69) is 23.2 Å². The fraction of sp³-hybridized carbons (Fsp3) is 0.750. The van der Waals surface area contributed by atoms with Gasteiger partial charge in [-0.2, -0.15) is 4.37 Å². The highest BCUT2D eigenvalue weighted by atomic mass is 32.1. The van der Waals surface area contributed by atoms with Crippen molar-refractivity contribution in [3.8, 4) is 0 Å². The van der Waals surface area contributed by atoms with Gasteiger partial charge in [-0.25, -0.2) is 4.98 Å². The standard InChI is InChI=1S/C8H15N3S/c1-6(2)5-7-9-8(11(3)4)12-10-7/h6H,5H2,1-4H3. The Morgan fingerprint density at radius 2 is 2.08 bits per heavy atom. The van der Waals surface area contributed by atoms with E-state index in [0.717, 1.165) is 17.4 Å². The maximum Gasteiger partial charge on any atom is 0.204 e. The first-order valence-corrected chi connectivity index (χ1v) is 4.87. The molecule has 0 radical (unpaired) electrons. The first-order valence-electron chi connectivity index (χ1n) is 4.09. The van der Waals surface area contributed by atoms with Crippen molar-refractivity contribution in [2.45, 2.75) is 20.3 Å². The van der Waals surface area contributed by atoms with E-state index in [1.165, 1.54) is 11.5 Å². The summed E-state index contributed by atoms with van der Waals surface area (Å²) in [5.41, 5.74) is 0. The smallest absolute Gasteiger partial charge is 0.204 e. The molecule has 0 saturated carbocycles. The van der Waals surface area contributed by atoms with E-state index in [1.54, 1.807) is 0 Å². The summed E-state index contributed by atoms with van der Waals surface area (Å²) in [7, 11) is 3.97. The van der Waals surface area contributed by atoms with Gasteiger partial charge in [0.25, 0.3) is 0 Å². The third-order valence-electron chi connectivity index (χ3n) is 1.43. The molecule has 0 aliphatic heterocycles. The monoisotopic (exact) mass is 185 g/mol. The van der Waals surface area contributed by atoms with Crippen molar-refractivity contribution in [3.63, 3.8) is 0 Å². The van der Waals surface area contributed by atoms with E-state index in [4.69, 9.17) is 0 Å². The van der Waals surface area contributed by atoms with Crippen molar-refractivity contribution in [1.82, 2.24) is 9.36 Å². The molecule has 0 bridgehead atoms. The Bertz CT molecular complexity index is 242. The molecule has 0 unspecified atom stereocenters.